The molecular weight excluding hydrogens is 366 g/mol. The molecule has 1 saturated heterocycles. The molecular formula is C16H16BrNOS2. The van der Waals surface area contributed by atoms with E-state index < -0.39 is 0 Å². The Morgan fingerprint density at radius 3 is 2.71 bits per heavy atom. The van der Waals surface area contributed by atoms with Gasteiger partial charge in [-0.3, -0.25) is 4.79 Å². The monoisotopic (exact) mass is 381 g/mol. The summed E-state index contributed by atoms with van der Waals surface area (Å²) >= 11 is 7.19. The maximum atomic E-state index is 12.6. The molecule has 5 heteroatoms. The minimum absolute atomic E-state index is 0.148. The number of hydrogen-bond acceptors (Lipinski definition) is 3. The number of thiophene rings is 1. The van der Waals surface area contributed by atoms with Crippen molar-refractivity contribution in [3.8, 4) is 0 Å². The van der Waals surface area contributed by atoms with Gasteiger partial charge in [-0.2, -0.15) is 11.8 Å². The van der Waals surface area contributed by atoms with Gasteiger partial charge in [-0.05, 0) is 42.1 Å². The molecule has 2 aromatic rings. The predicted octanol–water partition coefficient (Wildman–Crippen LogP) is 4.83. The smallest absolute Gasteiger partial charge is 0.253 e. The molecule has 0 N–H and O–H groups in total. The van der Waals surface area contributed by atoms with E-state index in [1.807, 2.05) is 52.3 Å². The Morgan fingerprint density at radius 2 is 2.00 bits per heavy atom. The molecule has 1 aromatic carbocycles. The Labute approximate surface area is 141 Å². The summed E-state index contributed by atoms with van der Waals surface area (Å²) in [6.07, 6.45) is 1.04. The molecule has 0 aliphatic carbocycles. The van der Waals surface area contributed by atoms with Gasteiger partial charge >= 0.3 is 0 Å². The Bertz CT molecular complexity index is 597. The van der Waals surface area contributed by atoms with E-state index in [-0.39, 0.29) is 5.91 Å². The average Bonchev–Trinajstić information content (AvgIpc) is 2.92. The minimum Gasteiger partial charge on any atom is -0.338 e. The summed E-state index contributed by atoms with van der Waals surface area (Å²) in [5, 5.41) is 2.67. The third-order valence-electron chi connectivity index (χ3n) is 3.58. The van der Waals surface area contributed by atoms with E-state index >= 15 is 0 Å². The molecule has 1 unspecified atom stereocenters. The lowest BCUT2D eigenvalue weighted by Crippen LogP contribution is -2.32. The van der Waals surface area contributed by atoms with Crippen molar-refractivity contribution in [1.29, 1.82) is 0 Å². The molecule has 2 nitrogen and oxygen atoms in total. The van der Waals surface area contributed by atoms with Gasteiger partial charge in [-0.1, -0.05) is 22.0 Å². The van der Waals surface area contributed by atoms with E-state index in [2.05, 4.69) is 33.4 Å². The first-order valence-corrected chi connectivity index (χ1v) is 9.66. The number of carbonyl (C=O) groups excluding carboxylic acids is 1. The molecule has 1 amide bonds. The standard InChI is InChI=1S/C16H16BrNOS2/c17-13-5-3-12(4-6-13)16(19)18-8-7-15(21-11-9-18)14-2-1-10-20-14/h1-6,10,15H,7-9,11H2. The Balaban J connectivity index is 1.67. The van der Waals surface area contributed by atoms with Gasteiger partial charge in [0, 0.05) is 39.0 Å². The van der Waals surface area contributed by atoms with Crippen LogP contribution in [-0.2, 0) is 0 Å². The minimum atomic E-state index is 0.148. The van der Waals surface area contributed by atoms with Gasteiger partial charge in [0.25, 0.3) is 5.91 Å². The Hall–Kier alpha value is -0.780. The summed E-state index contributed by atoms with van der Waals surface area (Å²) in [5.74, 6) is 1.15. The summed E-state index contributed by atoms with van der Waals surface area (Å²) < 4.78 is 1.00. The summed E-state index contributed by atoms with van der Waals surface area (Å²) in [7, 11) is 0. The van der Waals surface area contributed by atoms with Gasteiger partial charge in [-0.15, -0.1) is 11.3 Å². The Kier molecular flexibility index (Phi) is 5.03. The highest BCUT2D eigenvalue weighted by atomic mass is 79.9. The van der Waals surface area contributed by atoms with Crippen LogP contribution in [0.4, 0.5) is 0 Å². The number of nitrogens with zero attached hydrogens (tertiary/aromatic N) is 1. The molecule has 1 aromatic heterocycles. The lowest BCUT2D eigenvalue weighted by Gasteiger charge is -2.20. The molecule has 1 fully saturated rings. The second-order valence-corrected chi connectivity index (χ2v) is 8.17. The van der Waals surface area contributed by atoms with Crippen molar-refractivity contribution >= 4 is 44.9 Å². The maximum absolute atomic E-state index is 12.6. The quantitative estimate of drug-likeness (QED) is 0.742. The molecule has 2 heterocycles. The number of thioether (sulfide) groups is 1. The lowest BCUT2D eigenvalue weighted by atomic mass is 10.2. The van der Waals surface area contributed by atoms with Gasteiger partial charge in [0.15, 0.2) is 0 Å². The van der Waals surface area contributed by atoms with Crippen LogP contribution in [0.3, 0.4) is 0 Å². The van der Waals surface area contributed by atoms with Crippen molar-refractivity contribution in [1.82, 2.24) is 4.90 Å². The summed E-state index contributed by atoms with van der Waals surface area (Å²) in [6, 6.07) is 11.9. The zero-order valence-electron chi connectivity index (χ0n) is 11.5. The topological polar surface area (TPSA) is 20.3 Å². The third-order valence-corrected chi connectivity index (χ3v) is 6.55. The highest BCUT2D eigenvalue weighted by molar-refractivity contribution is 9.10. The first kappa shape index (κ1) is 15.1. The fraction of sp³-hybridized carbons (Fsp3) is 0.312. The van der Waals surface area contributed by atoms with Crippen LogP contribution in [0.25, 0.3) is 0 Å². The van der Waals surface area contributed by atoms with Crippen molar-refractivity contribution in [2.24, 2.45) is 0 Å². The fourth-order valence-electron chi connectivity index (χ4n) is 2.45. The van der Waals surface area contributed by atoms with E-state index in [1.165, 1.54) is 4.88 Å². The molecule has 3 rings (SSSR count). The normalized spacial score (nSPS) is 19.3. The highest BCUT2D eigenvalue weighted by Gasteiger charge is 2.23. The van der Waals surface area contributed by atoms with Crippen LogP contribution in [0.5, 0.6) is 0 Å². The van der Waals surface area contributed by atoms with Crippen molar-refractivity contribution in [3.63, 3.8) is 0 Å². The van der Waals surface area contributed by atoms with E-state index in [9.17, 15) is 4.79 Å². The van der Waals surface area contributed by atoms with Gasteiger partial charge in [0.05, 0.1) is 0 Å². The first-order valence-electron chi connectivity index (χ1n) is 6.94. The van der Waals surface area contributed by atoms with Crippen molar-refractivity contribution in [2.45, 2.75) is 11.7 Å². The van der Waals surface area contributed by atoms with Crippen LogP contribution >= 0.6 is 39.0 Å². The van der Waals surface area contributed by atoms with E-state index in [4.69, 9.17) is 0 Å². The molecule has 1 aliphatic rings. The highest BCUT2D eigenvalue weighted by Crippen LogP contribution is 2.36. The van der Waals surface area contributed by atoms with Crippen LogP contribution < -0.4 is 0 Å². The first-order chi connectivity index (χ1) is 10.2. The van der Waals surface area contributed by atoms with Gasteiger partial charge in [0.1, 0.15) is 0 Å². The second kappa shape index (κ2) is 6.99. The lowest BCUT2D eigenvalue weighted by molar-refractivity contribution is 0.0766. The van der Waals surface area contributed by atoms with Gasteiger partial charge in [-0.25, -0.2) is 0 Å². The second-order valence-electron chi connectivity index (χ2n) is 4.96. The molecule has 1 atom stereocenters. The van der Waals surface area contributed by atoms with Crippen molar-refractivity contribution in [3.05, 3.63) is 56.7 Å². The number of benzene rings is 1. The number of hydrogen-bond donors (Lipinski definition) is 0. The summed E-state index contributed by atoms with van der Waals surface area (Å²) in [4.78, 5) is 16.0. The Morgan fingerprint density at radius 1 is 1.19 bits per heavy atom. The van der Waals surface area contributed by atoms with Crippen LogP contribution in [-0.4, -0.2) is 29.6 Å². The molecule has 0 saturated carbocycles. The van der Waals surface area contributed by atoms with Gasteiger partial charge < -0.3 is 4.90 Å². The van der Waals surface area contributed by atoms with Crippen molar-refractivity contribution in [2.75, 3.05) is 18.8 Å². The predicted molar refractivity (Wildman–Crippen MR) is 94.2 cm³/mol. The van der Waals surface area contributed by atoms with E-state index in [1.54, 1.807) is 0 Å². The number of halogens is 1. The maximum Gasteiger partial charge on any atom is 0.253 e. The zero-order valence-corrected chi connectivity index (χ0v) is 14.7. The third kappa shape index (κ3) is 3.71. The van der Waals surface area contributed by atoms with Crippen LogP contribution in [0, 0.1) is 0 Å². The fourth-order valence-corrected chi connectivity index (χ4v) is 4.95. The number of rotatable bonds is 2. The average molecular weight is 382 g/mol. The van der Waals surface area contributed by atoms with Crippen LogP contribution in [0.1, 0.15) is 26.9 Å². The van der Waals surface area contributed by atoms with E-state index in [0.717, 1.165) is 35.3 Å². The van der Waals surface area contributed by atoms with Crippen LogP contribution in [0.2, 0.25) is 0 Å². The van der Waals surface area contributed by atoms with Crippen molar-refractivity contribution < 1.29 is 4.79 Å². The molecule has 1 aliphatic heterocycles. The number of carbonyl (C=O) groups is 1. The van der Waals surface area contributed by atoms with E-state index in [0.29, 0.717) is 5.25 Å². The summed E-state index contributed by atoms with van der Waals surface area (Å²) in [5.41, 5.74) is 0.776. The molecule has 21 heavy (non-hydrogen) atoms. The van der Waals surface area contributed by atoms with Gasteiger partial charge in [0.2, 0.25) is 0 Å². The van der Waals surface area contributed by atoms with Crippen LogP contribution in [0.15, 0.2) is 46.3 Å². The molecule has 110 valence electrons. The zero-order chi connectivity index (χ0) is 14.7. The summed E-state index contributed by atoms with van der Waals surface area (Å²) in [6.45, 7) is 1.67. The molecule has 0 radical (unpaired) electrons. The largest absolute Gasteiger partial charge is 0.338 e. The molecule has 0 bridgehead atoms. The molecule has 0 spiro atoms. The SMILES string of the molecule is O=C(c1ccc(Br)cc1)N1CCSC(c2cccs2)CC1. The number of amides is 1.